The number of piperazine rings is 1. The minimum Gasteiger partial charge on any atom is -0.485 e. The summed E-state index contributed by atoms with van der Waals surface area (Å²) in [5.41, 5.74) is 0.299. The second kappa shape index (κ2) is 11.2. The average molecular weight is 513 g/mol. The fraction of sp³-hybridized carbons (Fsp3) is 0.724. The van der Waals surface area contributed by atoms with Crippen LogP contribution in [0.15, 0.2) is 24.3 Å². The summed E-state index contributed by atoms with van der Waals surface area (Å²) in [6.45, 7) is 5.78. The molecule has 1 spiro atoms. The molecule has 3 heterocycles. The molecule has 1 saturated carbocycles. The Bertz CT molecular complexity index is 957. The topological polar surface area (TPSA) is 85.4 Å². The van der Waals surface area contributed by atoms with Crippen LogP contribution in [0.4, 0.5) is 5.69 Å². The van der Waals surface area contributed by atoms with Crippen LogP contribution in [0.25, 0.3) is 0 Å². The SMILES string of the molecule is CCCCN1C(=O)[C@@H]([C@H](O)C2CCCCC2)NC(=O)C12CCN(CC1CN(C)c3ccccc3O1)CC2. The third-order valence-electron chi connectivity index (χ3n) is 9.16. The van der Waals surface area contributed by atoms with Gasteiger partial charge in [0.15, 0.2) is 0 Å². The number of piperidine rings is 1. The number of anilines is 1. The number of aliphatic hydroxyl groups is 1. The van der Waals surface area contributed by atoms with Crippen LogP contribution in [0.1, 0.15) is 64.7 Å². The summed E-state index contributed by atoms with van der Waals surface area (Å²) in [6, 6.07) is 7.32. The quantitative estimate of drug-likeness (QED) is 0.585. The van der Waals surface area contributed by atoms with E-state index in [-0.39, 0.29) is 23.8 Å². The summed E-state index contributed by atoms with van der Waals surface area (Å²) in [5.74, 6) is 0.838. The van der Waals surface area contributed by atoms with Crippen LogP contribution in [0.2, 0.25) is 0 Å². The molecule has 2 amide bonds. The molecular weight excluding hydrogens is 468 g/mol. The fourth-order valence-corrected chi connectivity index (χ4v) is 6.94. The van der Waals surface area contributed by atoms with Gasteiger partial charge in [0.05, 0.1) is 18.3 Å². The lowest BCUT2D eigenvalue weighted by molar-refractivity contribution is -0.166. The van der Waals surface area contributed by atoms with Crippen molar-refractivity contribution in [2.75, 3.05) is 44.7 Å². The van der Waals surface area contributed by atoms with Gasteiger partial charge in [-0.25, -0.2) is 0 Å². The number of unbranched alkanes of at least 4 members (excludes halogenated alkanes) is 1. The number of hydrogen-bond donors (Lipinski definition) is 2. The molecule has 204 valence electrons. The van der Waals surface area contributed by atoms with E-state index in [0.717, 1.165) is 76.1 Å². The minimum absolute atomic E-state index is 0.0574. The van der Waals surface area contributed by atoms with E-state index in [9.17, 15) is 14.7 Å². The zero-order chi connectivity index (χ0) is 26.0. The number of aliphatic hydroxyl groups excluding tert-OH is 1. The van der Waals surface area contributed by atoms with E-state index in [1.807, 2.05) is 23.1 Å². The second-order valence-corrected chi connectivity index (χ2v) is 11.6. The number of nitrogens with one attached hydrogen (secondary N) is 1. The molecule has 0 aromatic heterocycles. The summed E-state index contributed by atoms with van der Waals surface area (Å²) < 4.78 is 6.30. The summed E-state index contributed by atoms with van der Waals surface area (Å²) in [6.07, 6.45) is 7.51. The lowest BCUT2D eigenvalue weighted by Crippen LogP contribution is -2.75. The Morgan fingerprint density at radius 3 is 2.59 bits per heavy atom. The van der Waals surface area contributed by atoms with E-state index in [2.05, 4.69) is 35.2 Å². The number of carbonyl (C=O) groups excluding carboxylic acids is 2. The fourth-order valence-electron chi connectivity index (χ4n) is 6.94. The van der Waals surface area contributed by atoms with E-state index in [1.54, 1.807) is 0 Å². The maximum Gasteiger partial charge on any atom is 0.248 e. The molecule has 4 aliphatic rings. The molecule has 8 heteroatoms. The van der Waals surface area contributed by atoms with Crippen molar-refractivity contribution in [3.05, 3.63) is 24.3 Å². The van der Waals surface area contributed by atoms with E-state index < -0.39 is 17.7 Å². The zero-order valence-electron chi connectivity index (χ0n) is 22.5. The van der Waals surface area contributed by atoms with Gasteiger partial charge in [-0.3, -0.25) is 14.5 Å². The Hall–Kier alpha value is -2.32. The Morgan fingerprint density at radius 1 is 1.14 bits per heavy atom. The smallest absolute Gasteiger partial charge is 0.248 e. The van der Waals surface area contributed by atoms with Crippen molar-refractivity contribution in [1.29, 1.82) is 0 Å². The van der Waals surface area contributed by atoms with Crippen LogP contribution in [-0.2, 0) is 9.59 Å². The Balaban J connectivity index is 1.25. The number of hydrogen-bond acceptors (Lipinski definition) is 6. The van der Waals surface area contributed by atoms with Crippen molar-refractivity contribution in [2.24, 2.45) is 5.92 Å². The molecule has 3 atom stereocenters. The molecule has 8 nitrogen and oxygen atoms in total. The number of likely N-dealkylation sites (tertiary alicyclic amines) is 1. The molecule has 5 rings (SSSR count). The van der Waals surface area contributed by atoms with Gasteiger partial charge in [0.2, 0.25) is 11.8 Å². The van der Waals surface area contributed by atoms with Crippen LogP contribution in [0, 0.1) is 5.92 Å². The zero-order valence-corrected chi connectivity index (χ0v) is 22.5. The van der Waals surface area contributed by atoms with Crippen molar-refractivity contribution in [3.63, 3.8) is 0 Å². The molecule has 1 aromatic rings. The van der Waals surface area contributed by atoms with Gasteiger partial charge in [-0.1, -0.05) is 44.7 Å². The van der Waals surface area contributed by atoms with Crippen molar-refractivity contribution < 1.29 is 19.4 Å². The van der Waals surface area contributed by atoms with Gasteiger partial charge in [-0.15, -0.1) is 0 Å². The molecule has 2 saturated heterocycles. The molecule has 37 heavy (non-hydrogen) atoms. The van der Waals surface area contributed by atoms with E-state index in [1.165, 1.54) is 6.42 Å². The van der Waals surface area contributed by atoms with Crippen LogP contribution >= 0.6 is 0 Å². The monoisotopic (exact) mass is 512 g/mol. The van der Waals surface area contributed by atoms with Crippen molar-refractivity contribution in [1.82, 2.24) is 15.1 Å². The number of fused-ring (bicyclic) bond motifs is 1. The first-order valence-electron chi connectivity index (χ1n) is 14.4. The lowest BCUT2D eigenvalue weighted by Gasteiger charge is -2.53. The number of rotatable bonds is 7. The van der Waals surface area contributed by atoms with Crippen LogP contribution in [0.3, 0.4) is 0 Å². The summed E-state index contributed by atoms with van der Waals surface area (Å²) in [4.78, 5) is 34.0. The highest BCUT2D eigenvalue weighted by atomic mass is 16.5. The molecule has 0 radical (unpaired) electrons. The average Bonchev–Trinajstić information content (AvgIpc) is 2.92. The van der Waals surface area contributed by atoms with Crippen molar-refractivity contribution >= 4 is 17.5 Å². The Morgan fingerprint density at radius 2 is 1.86 bits per heavy atom. The third kappa shape index (κ3) is 5.19. The van der Waals surface area contributed by atoms with Crippen LogP contribution in [0.5, 0.6) is 5.75 Å². The first-order chi connectivity index (χ1) is 17.9. The molecule has 1 unspecified atom stereocenters. The van der Waals surface area contributed by atoms with Gasteiger partial charge in [-0.2, -0.15) is 0 Å². The van der Waals surface area contributed by atoms with Crippen LogP contribution in [-0.4, -0.2) is 90.3 Å². The Kier molecular flexibility index (Phi) is 7.96. The van der Waals surface area contributed by atoms with E-state index in [0.29, 0.717) is 19.4 Å². The predicted molar refractivity (Wildman–Crippen MR) is 144 cm³/mol. The number of amides is 2. The first-order valence-corrected chi connectivity index (χ1v) is 14.4. The standard InChI is InChI=1S/C29H44N4O4/c1-3-4-16-33-27(35)25(26(34)21-10-6-5-7-11-21)30-28(36)29(33)14-17-32(18-15-29)20-22-19-31(2)23-12-8-9-13-24(23)37-22/h8-9,12-13,21-22,25-26,34H,3-7,10-11,14-20H2,1-2H3,(H,30,36)/t22?,25-,26-/m1/s1. The van der Waals surface area contributed by atoms with Gasteiger partial charge >= 0.3 is 0 Å². The summed E-state index contributed by atoms with van der Waals surface area (Å²) >= 11 is 0. The molecule has 3 fully saturated rings. The highest BCUT2D eigenvalue weighted by molar-refractivity contribution is 6.00. The highest BCUT2D eigenvalue weighted by Gasteiger charge is 2.55. The van der Waals surface area contributed by atoms with Crippen molar-refractivity contribution in [2.45, 2.75) is 88.5 Å². The lowest BCUT2D eigenvalue weighted by atomic mass is 9.78. The van der Waals surface area contributed by atoms with Crippen molar-refractivity contribution in [3.8, 4) is 5.75 Å². The van der Waals surface area contributed by atoms with Gasteiger partial charge in [0.25, 0.3) is 0 Å². The minimum atomic E-state index is -0.817. The van der Waals surface area contributed by atoms with Gasteiger partial charge in [0, 0.05) is 33.2 Å². The first kappa shape index (κ1) is 26.3. The summed E-state index contributed by atoms with van der Waals surface area (Å²) in [5, 5.41) is 14.2. The maximum absolute atomic E-state index is 13.8. The number of likely N-dealkylation sites (N-methyl/N-ethyl adjacent to an activating group) is 1. The third-order valence-corrected chi connectivity index (χ3v) is 9.16. The molecule has 1 aliphatic carbocycles. The number of ether oxygens (including phenoxy) is 1. The normalized spacial score (nSPS) is 27.5. The van der Waals surface area contributed by atoms with E-state index in [4.69, 9.17) is 4.74 Å². The number of benzene rings is 1. The largest absolute Gasteiger partial charge is 0.485 e. The molecule has 0 bridgehead atoms. The highest BCUT2D eigenvalue weighted by Crippen LogP contribution is 2.37. The Labute approximate surface area is 221 Å². The molecule has 2 N–H and O–H groups in total. The molecule has 3 aliphatic heterocycles. The van der Waals surface area contributed by atoms with Gasteiger partial charge < -0.3 is 25.0 Å². The second-order valence-electron chi connectivity index (χ2n) is 11.6. The van der Waals surface area contributed by atoms with Gasteiger partial charge in [-0.05, 0) is 50.2 Å². The van der Waals surface area contributed by atoms with Crippen LogP contribution < -0.4 is 15.0 Å². The number of carbonyl (C=O) groups is 2. The molecular formula is C29H44N4O4. The molecule has 1 aromatic carbocycles. The maximum atomic E-state index is 13.8. The number of para-hydroxylation sites is 2. The van der Waals surface area contributed by atoms with Gasteiger partial charge in [0.1, 0.15) is 23.4 Å². The van der Waals surface area contributed by atoms with E-state index >= 15 is 0 Å². The predicted octanol–water partition coefficient (Wildman–Crippen LogP) is 2.79. The number of nitrogens with zero attached hydrogens (tertiary/aromatic N) is 3. The summed E-state index contributed by atoms with van der Waals surface area (Å²) in [7, 11) is 2.10.